The molecule has 1 atom stereocenters. The second-order valence-corrected chi connectivity index (χ2v) is 10.7. The largest absolute Gasteiger partial charge is 0.0895 e. The van der Waals surface area contributed by atoms with E-state index < -0.39 is 0 Å². The molecule has 1 aromatic carbocycles. The molecule has 1 aromatic rings. The molecule has 1 unspecified atom stereocenters. The minimum Gasteiger partial charge on any atom is -0.0895 e. The second-order valence-electron chi connectivity index (χ2n) is 9.66. The highest BCUT2D eigenvalue weighted by atomic mass is 32.2. The molecule has 0 heterocycles. The van der Waals surface area contributed by atoms with Gasteiger partial charge in [0.15, 0.2) is 0 Å². The third-order valence-electron chi connectivity index (χ3n) is 5.14. The van der Waals surface area contributed by atoms with Gasteiger partial charge in [-0.2, -0.15) is 0 Å². The van der Waals surface area contributed by atoms with Gasteiger partial charge in [0.1, 0.15) is 0 Å². The normalized spacial score (nSPS) is 20.5. The molecule has 0 radical (unpaired) electrons. The fourth-order valence-corrected chi connectivity index (χ4v) is 4.59. The summed E-state index contributed by atoms with van der Waals surface area (Å²) in [6.07, 6.45) is 13.9. The molecule has 1 aliphatic carbocycles. The second kappa shape index (κ2) is 10.3. The maximum atomic E-state index is 2.49. The summed E-state index contributed by atoms with van der Waals surface area (Å²) in [5, 5.41) is 0. The Labute approximate surface area is 177 Å². The standard InChI is InChI=1S/C27H38S/c1-20(2)13-11-12-14-22-18-24(27(5,6)7)19-23(17-21(3)4)26(22)28-25-15-9-8-10-16-25/h8-17,20-21,24H,18-19H2,1-7H3/b13-11?,14-12?,23-17+. The molecular weight excluding hydrogens is 356 g/mol. The molecule has 0 amide bonds. The SMILES string of the molecule is CC(C)C=CC=CC1=C(Sc2ccccc2)/C(=C/C(C)C)CC(C(C)(C)C)C1. The smallest absolute Gasteiger partial charge is 0.0183 e. The van der Waals surface area contributed by atoms with Crippen LogP contribution in [-0.2, 0) is 0 Å². The van der Waals surface area contributed by atoms with Crippen LogP contribution >= 0.6 is 11.8 Å². The van der Waals surface area contributed by atoms with Crippen LogP contribution in [0, 0.1) is 23.2 Å². The topological polar surface area (TPSA) is 0 Å². The maximum Gasteiger partial charge on any atom is 0.0183 e. The lowest BCUT2D eigenvalue weighted by molar-refractivity contribution is 0.234. The van der Waals surface area contributed by atoms with E-state index in [-0.39, 0.29) is 0 Å². The highest BCUT2D eigenvalue weighted by Crippen LogP contribution is 2.48. The third kappa shape index (κ3) is 7.17. The summed E-state index contributed by atoms with van der Waals surface area (Å²) < 4.78 is 0. The number of hydrogen-bond acceptors (Lipinski definition) is 1. The molecule has 0 bridgehead atoms. The molecule has 0 aromatic heterocycles. The number of benzene rings is 1. The van der Waals surface area contributed by atoms with Gasteiger partial charge in [-0.25, -0.2) is 0 Å². The Morgan fingerprint density at radius 2 is 1.61 bits per heavy atom. The Hall–Kier alpha value is -1.47. The first-order chi connectivity index (χ1) is 13.2. The predicted molar refractivity (Wildman–Crippen MR) is 128 cm³/mol. The van der Waals surface area contributed by atoms with E-state index in [2.05, 4.69) is 109 Å². The summed E-state index contributed by atoms with van der Waals surface area (Å²) in [5.74, 6) is 1.82. The lowest BCUT2D eigenvalue weighted by Gasteiger charge is -2.37. The molecule has 0 aliphatic heterocycles. The first-order valence-electron chi connectivity index (χ1n) is 10.7. The lowest BCUT2D eigenvalue weighted by atomic mass is 9.70. The van der Waals surface area contributed by atoms with Crippen molar-refractivity contribution in [1.29, 1.82) is 0 Å². The molecule has 0 saturated heterocycles. The Balaban J connectivity index is 2.49. The van der Waals surface area contributed by atoms with Gasteiger partial charge >= 0.3 is 0 Å². The van der Waals surface area contributed by atoms with Crippen molar-refractivity contribution in [2.75, 3.05) is 0 Å². The number of rotatable bonds is 6. The van der Waals surface area contributed by atoms with Crippen molar-refractivity contribution < 1.29 is 0 Å². The summed E-state index contributed by atoms with van der Waals surface area (Å²) in [6, 6.07) is 10.8. The first kappa shape index (κ1) is 22.8. The zero-order valence-electron chi connectivity index (χ0n) is 18.8. The summed E-state index contributed by atoms with van der Waals surface area (Å²) in [4.78, 5) is 2.79. The van der Waals surface area contributed by atoms with Crippen molar-refractivity contribution >= 4 is 11.8 Å². The van der Waals surface area contributed by atoms with Crippen molar-refractivity contribution in [2.45, 2.75) is 66.2 Å². The molecule has 1 aliphatic rings. The predicted octanol–water partition coefficient (Wildman–Crippen LogP) is 8.84. The van der Waals surface area contributed by atoms with E-state index in [0.29, 0.717) is 23.2 Å². The van der Waals surface area contributed by atoms with E-state index in [9.17, 15) is 0 Å². The zero-order valence-corrected chi connectivity index (χ0v) is 19.6. The molecule has 152 valence electrons. The van der Waals surface area contributed by atoms with Gasteiger partial charge in [-0.1, -0.05) is 109 Å². The Morgan fingerprint density at radius 3 is 2.18 bits per heavy atom. The van der Waals surface area contributed by atoms with Crippen LogP contribution in [0.1, 0.15) is 61.3 Å². The third-order valence-corrected chi connectivity index (χ3v) is 6.38. The quantitative estimate of drug-likeness (QED) is 0.434. The number of thioether (sulfide) groups is 1. The van der Waals surface area contributed by atoms with Crippen LogP contribution in [0.15, 0.2) is 81.7 Å². The Kier molecular flexibility index (Phi) is 8.43. The van der Waals surface area contributed by atoms with Gasteiger partial charge in [-0.15, -0.1) is 0 Å². The lowest BCUT2D eigenvalue weighted by Crippen LogP contribution is -2.25. The van der Waals surface area contributed by atoms with Crippen molar-refractivity contribution in [3.8, 4) is 0 Å². The van der Waals surface area contributed by atoms with E-state index >= 15 is 0 Å². The highest BCUT2D eigenvalue weighted by molar-refractivity contribution is 8.03. The average molecular weight is 395 g/mol. The monoisotopic (exact) mass is 394 g/mol. The van der Waals surface area contributed by atoms with Crippen LogP contribution in [0.3, 0.4) is 0 Å². The first-order valence-corrected chi connectivity index (χ1v) is 11.5. The number of allylic oxidation sites excluding steroid dienone is 7. The Bertz CT molecular complexity index is 736. The van der Waals surface area contributed by atoms with E-state index in [1.54, 1.807) is 0 Å². The van der Waals surface area contributed by atoms with Crippen LogP contribution in [-0.4, -0.2) is 0 Å². The van der Waals surface area contributed by atoms with Gasteiger partial charge in [-0.3, -0.25) is 0 Å². The molecule has 0 spiro atoms. The van der Waals surface area contributed by atoms with E-state index in [1.807, 2.05) is 11.8 Å². The zero-order chi connectivity index (χ0) is 20.7. The molecule has 0 N–H and O–H groups in total. The number of hydrogen-bond donors (Lipinski definition) is 0. The molecule has 28 heavy (non-hydrogen) atoms. The molecule has 0 nitrogen and oxygen atoms in total. The van der Waals surface area contributed by atoms with Crippen molar-refractivity contribution in [3.63, 3.8) is 0 Å². The molecule has 1 heteroatoms. The minimum atomic E-state index is 0.311. The minimum absolute atomic E-state index is 0.311. The van der Waals surface area contributed by atoms with Gasteiger partial charge in [0.05, 0.1) is 0 Å². The average Bonchev–Trinajstić information content (AvgIpc) is 2.60. The summed E-state index contributed by atoms with van der Waals surface area (Å²) >= 11 is 1.94. The van der Waals surface area contributed by atoms with Crippen LogP contribution in [0.2, 0.25) is 0 Å². The van der Waals surface area contributed by atoms with Crippen LogP contribution in [0.4, 0.5) is 0 Å². The summed E-state index contributed by atoms with van der Waals surface area (Å²) in [5.41, 5.74) is 3.33. The van der Waals surface area contributed by atoms with Crippen molar-refractivity contribution in [2.24, 2.45) is 23.2 Å². The summed E-state index contributed by atoms with van der Waals surface area (Å²) in [7, 11) is 0. The van der Waals surface area contributed by atoms with Crippen molar-refractivity contribution in [3.05, 3.63) is 76.8 Å². The van der Waals surface area contributed by atoms with Crippen molar-refractivity contribution in [1.82, 2.24) is 0 Å². The fraction of sp³-hybridized carbons (Fsp3) is 0.481. The molecule has 0 saturated carbocycles. The van der Waals surface area contributed by atoms with Crippen LogP contribution in [0.25, 0.3) is 0 Å². The van der Waals surface area contributed by atoms with E-state index in [4.69, 9.17) is 0 Å². The molecule has 0 fully saturated rings. The maximum absolute atomic E-state index is 2.49. The van der Waals surface area contributed by atoms with Gasteiger partial charge in [0.25, 0.3) is 0 Å². The van der Waals surface area contributed by atoms with Gasteiger partial charge in [0, 0.05) is 9.80 Å². The van der Waals surface area contributed by atoms with E-state index in [1.165, 1.54) is 27.4 Å². The fourth-order valence-electron chi connectivity index (χ4n) is 3.49. The van der Waals surface area contributed by atoms with Gasteiger partial charge in [-0.05, 0) is 59.3 Å². The molecular formula is C27H38S. The highest BCUT2D eigenvalue weighted by Gasteiger charge is 2.32. The Morgan fingerprint density at radius 1 is 0.929 bits per heavy atom. The van der Waals surface area contributed by atoms with Gasteiger partial charge < -0.3 is 0 Å². The van der Waals surface area contributed by atoms with Gasteiger partial charge in [0.2, 0.25) is 0 Å². The summed E-state index contributed by atoms with van der Waals surface area (Å²) in [6.45, 7) is 16.2. The van der Waals surface area contributed by atoms with E-state index in [0.717, 1.165) is 6.42 Å². The molecule has 2 rings (SSSR count). The van der Waals surface area contributed by atoms with Crippen LogP contribution in [0.5, 0.6) is 0 Å². The van der Waals surface area contributed by atoms with Crippen LogP contribution < -0.4 is 0 Å².